The van der Waals surface area contributed by atoms with E-state index >= 15 is 0 Å². The number of fused-ring (bicyclic) bond motifs is 1. The van der Waals surface area contributed by atoms with Gasteiger partial charge < -0.3 is 4.74 Å². The number of ether oxygens (including phenoxy) is 1. The number of rotatable bonds is 1. The van der Waals surface area contributed by atoms with Gasteiger partial charge in [0.2, 0.25) is 0 Å². The molecule has 0 bridgehead atoms. The van der Waals surface area contributed by atoms with Crippen LogP contribution in [0.2, 0.25) is 0 Å². The fourth-order valence-electron chi connectivity index (χ4n) is 1.77. The number of hydrogen-bond acceptors (Lipinski definition) is 1. The largest absolute Gasteiger partial charge is 0.485 e. The van der Waals surface area contributed by atoms with Crippen LogP contribution in [0.15, 0.2) is 30.8 Å². The van der Waals surface area contributed by atoms with Crippen molar-refractivity contribution in [3.8, 4) is 0 Å². The lowest BCUT2D eigenvalue weighted by Crippen LogP contribution is -2.03. The molecular weight excluding hydrogens is 160 g/mol. The van der Waals surface area contributed by atoms with Crippen LogP contribution in [0.3, 0.4) is 0 Å². The van der Waals surface area contributed by atoms with Gasteiger partial charge in [0, 0.05) is 11.1 Å². The first-order chi connectivity index (χ1) is 6.20. The number of benzene rings is 1. The summed E-state index contributed by atoms with van der Waals surface area (Å²) in [4.78, 5) is 0. The summed E-state index contributed by atoms with van der Waals surface area (Å²) in [6.07, 6.45) is 0.198. The highest BCUT2D eigenvalue weighted by atomic mass is 16.5. The lowest BCUT2D eigenvalue weighted by molar-refractivity contribution is 0.139. The van der Waals surface area contributed by atoms with Crippen molar-refractivity contribution in [3.63, 3.8) is 0 Å². The highest BCUT2D eigenvalue weighted by Gasteiger charge is 2.28. The van der Waals surface area contributed by atoms with Crippen LogP contribution in [-0.4, -0.2) is 0 Å². The first kappa shape index (κ1) is 8.36. The molecule has 0 spiro atoms. The fourth-order valence-corrected chi connectivity index (χ4v) is 1.77. The maximum absolute atomic E-state index is 5.70. The minimum Gasteiger partial charge on any atom is -0.485 e. The molecule has 0 saturated heterocycles. The van der Waals surface area contributed by atoms with Crippen molar-refractivity contribution in [3.05, 3.63) is 42.0 Å². The van der Waals surface area contributed by atoms with Crippen molar-refractivity contribution in [2.45, 2.75) is 20.0 Å². The molecule has 1 heterocycles. The van der Waals surface area contributed by atoms with Gasteiger partial charge >= 0.3 is 0 Å². The summed E-state index contributed by atoms with van der Waals surface area (Å²) in [5.41, 5.74) is 2.45. The van der Waals surface area contributed by atoms with Gasteiger partial charge in [0.05, 0.1) is 0 Å². The summed E-state index contributed by atoms with van der Waals surface area (Å²) in [7, 11) is 0. The van der Waals surface area contributed by atoms with E-state index in [1.807, 2.05) is 6.07 Å². The Morgan fingerprint density at radius 2 is 2.00 bits per heavy atom. The zero-order valence-electron chi connectivity index (χ0n) is 8.08. The van der Waals surface area contributed by atoms with E-state index in [0.29, 0.717) is 5.92 Å². The molecule has 13 heavy (non-hydrogen) atoms. The fraction of sp³-hybridized carbons (Fsp3) is 0.333. The van der Waals surface area contributed by atoms with E-state index in [9.17, 15) is 0 Å². The minimum atomic E-state index is 0.198. The molecule has 0 fully saturated rings. The van der Waals surface area contributed by atoms with E-state index in [2.05, 4.69) is 38.6 Å². The Balaban J connectivity index is 2.47. The summed E-state index contributed by atoms with van der Waals surface area (Å²) in [6.45, 7) is 8.24. The van der Waals surface area contributed by atoms with Gasteiger partial charge in [0.1, 0.15) is 11.9 Å². The molecule has 1 unspecified atom stereocenters. The average Bonchev–Trinajstić information content (AvgIpc) is 2.45. The zero-order valence-corrected chi connectivity index (χ0v) is 8.08. The maximum Gasteiger partial charge on any atom is 0.127 e. The van der Waals surface area contributed by atoms with Crippen LogP contribution < -0.4 is 0 Å². The standard InChI is InChI=1S/C12H14O/c1-8(2)12-11-7-5-4-6-10(11)9(3)13-12/h4-8,12H,3H2,1-2H3. The third-order valence-corrected chi connectivity index (χ3v) is 2.44. The Bertz CT molecular complexity index is 339. The lowest BCUT2D eigenvalue weighted by atomic mass is 9.97. The molecule has 1 aliphatic heterocycles. The van der Waals surface area contributed by atoms with Crippen LogP contribution >= 0.6 is 0 Å². The van der Waals surface area contributed by atoms with Crippen LogP contribution in [0.4, 0.5) is 0 Å². The predicted molar refractivity (Wildman–Crippen MR) is 54.1 cm³/mol. The second-order valence-electron chi connectivity index (χ2n) is 3.79. The molecule has 1 aromatic carbocycles. The monoisotopic (exact) mass is 174 g/mol. The van der Waals surface area contributed by atoms with Crippen molar-refractivity contribution in [2.75, 3.05) is 0 Å². The normalized spacial score (nSPS) is 20.2. The molecule has 1 nitrogen and oxygen atoms in total. The van der Waals surface area contributed by atoms with Crippen molar-refractivity contribution in [2.24, 2.45) is 5.92 Å². The zero-order chi connectivity index (χ0) is 9.42. The van der Waals surface area contributed by atoms with E-state index in [0.717, 1.165) is 5.76 Å². The molecular formula is C12H14O. The third kappa shape index (κ3) is 1.24. The predicted octanol–water partition coefficient (Wildman–Crippen LogP) is 3.38. The first-order valence-electron chi connectivity index (χ1n) is 4.65. The Labute approximate surface area is 79.0 Å². The topological polar surface area (TPSA) is 9.23 Å². The molecule has 1 atom stereocenters. The van der Waals surface area contributed by atoms with Gasteiger partial charge in [-0.25, -0.2) is 0 Å². The van der Waals surface area contributed by atoms with E-state index in [4.69, 9.17) is 4.74 Å². The molecule has 0 aromatic heterocycles. The quantitative estimate of drug-likeness (QED) is 0.634. The summed E-state index contributed by atoms with van der Waals surface area (Å²) in [5.74, 6) is 1.31. The average molecular weight is 174 g/mol. The molecule has 1 aliphatic rings. The molecule has 0 N–H and O–H groups in total. The van der Waals surface area contributed by atoms with Crippen molar-refractivity contribution < 1.29 is 4.74 Å². The SMILES string of the molecule is C=C1OC(C(C)C)c2ccccc21. The van der Waals surface area contributed by atoms with Crippen LogP contribution in [-0.2, 0) is 4.74 Å². The van der Waals surface area contributed by atoms with Crippen LogP contribution in [0.5, 0.6) is 0 Å². The Hall–Kier alpha value is -1.24. The van der Waals surface area contributed by atoms with Crippen LogP contribution in [0, 0.1) is 5.92 Å². The van der Waals surface area contributed by atoms with Gasteiger partial charge in [-0.15, -0.1) is 0 Å². The van der Waals surface area contributed by atoms with Gasteiger partial charge in [0.25, 0.3) is 0 Å². The molecule has 0 amide bonds. The molecule has 0 aliphatic carbocycles. The summed E-state index contributed by atoms with van der Waals surface area (Å²) in [6, 6.07) is 8.27. The van der Waals surface area contributed by atoms with Gasteiger partial charge in [0.15, 0.2) is 0 Å². The third-order valence-electron chi connectivity index (χ3n) is 2.44. The highest BCUT2D eigenvalue weighted by molar-refractivity contribution is 5.65. The Morgan fingerprint density at radius 1 is 1.31 bits per heavy atom. The molecule has 2 rings (SSSR count). The second kappa shape index (κ2) is 2.91. The van der Waals surface area contributed by atoms with E-state index in [-0.39, 0.29) is 6.10 Å². The van der Waals surface area contributed by atoms with Gasteiger partial charge in [-0.3, -0.25) is 0 Å². The van der Waals surface area contributed by atoms with E-state index < -0.39 is 0 Å². The van der Waals surface area contributed by atoms with Crippen molar-refractivity contribution in [1.29, 1.82) is 0 Å². The van der Waals surface area contributed by atoms with Crippen molar-refractivity contribution in [1.82, 2.24) is 0 Å². The van der Waals surface area contributed by atoms with E-state index in [1.165, 1.54) is 11.1 Å². The molecule has 1 heteroatoms. The van der Waals surface area contributed by atoms with Crippen LogP contribution in [0.25, 0.3) is 5.76 Å². The second-order valence-corrected chi connectivity index (χ2v) is 3.79. The molecule has 0 saturated carbocycles. The van der Waals surface area contributed by atoms with Gasteiger partial charge in [-0.05, 0) is 5.92 Å². The summed E-state index contributed by atoms with van der Waals surface area (Å²) in [5, 5.41) is 0. The Kier molecular flexibility index (Phi) is 1.87. The van der Waals surface area contributed by atoms with Crippen molar-refractivity contribution >= 4 is 5.76 Å². The van der Waals surface area contributed by atoms with Gasteiger partial charge in [-0.1, -0.05) is 44.7 Å². The summed E-state index contributed by atoms with van der Waals surface area (Å²) < 4.78 is 5.70. The lowest BCUT2D eigenvalue weighted by Gasteiger charge is -2.15. The minimum absolute atomic E-state index is 0.198. The highest BCUT2D eigenvalue weighted by Crippen LogP contribution is 2.40. The van der Waals surface area contributed by atoms with Gasteiger partial charge in [-0.2, -0.15) is 0 Å². The Morgan fingerprint density at radius 3 is 2.69 bits per heavy atom. The smallest absolute Gasteiger partial charge is 0.127 e. The van der Waals surface area contributed by atoms with Crippen LogP contribution in [0.1, 0.15) is 31.1 Å². The summed E-state index contributed by atoms with van der Waals surface area (Å²) >= 11 is 0. The molecule has 0 radical (unpaired) electrons. The first-order valence-corrected chi connectivity index (χ1v) is 4.65. The molecule has 1 aromatic rings. The maximum atomic E-state index is 5.70. The van der Waals surface area contributed by atoms with E-state index in [1.54, 1.807) is 0 Å². The number of hydrogen-bond donors (Lipinski definition) is 0. The molecule has 68 valence electrons.